The molecule has 0 aliphatic carbocycles. The van der Waals surface area contributed by atoms with Crippen LogP contribution in [0.1, 0.15) is 17.0 Å². The first-order valence-electron chi connectivity index (χ1n) is 8.79. The third-order valence-electron chi connectivity index (χ3n) is 4.79. The number of pyridine rings is 1. The highest BCUT2D eigenvalue weighted by molar-refractivity contribution is 5.52. The number of hydrogen-bond acceptors (Lipinski definition) is 6. The second-order valence-corrected chi connectivity index (χ2v) is 6.63. The Hall–Kier alpha value is -3.39. The van der Waals surface area contributed by atoms with Gasteiger partial charge in [0.15, 0.2) is 0 Å². The van der Waals surface area contributed by atoms with E-state index in [1.54, 1.807) is 12.4 Å². The van der Waals surface area contributed by atoms with Crippen molar-refractivity contribution in [1.29, 1.82) is 0 Å². The Morgan fingerprint density at radius 1 is 1.19 bits per heavy atom. The number of nitrogens with zero attached hydrogens (tertiary/aromatic N) is 6. The first kappa shape index (κ1) is 15.8. The molecular weight excluding hydrogens is 342 g/mol. The molecule has 8 nitrogen and oxygen atoms in total. The Morgan fingerprint density at radius 3 is 2.93 bits per heavy atom. The van der Waals surface area contributed by atoms with Crippen LogP contribution < -0.4 is 5.56 Å². The molecule has 1 N–H and O–H groups in total. The molecule has 1 aliphatic heterocycles. The van der Waals surface area contributed by atoms with E-state index >= 15 is 0 Å². The highest BCUT2D eigenvalue weighted by Crippen LogP contribution is 2.19. The van der Waals surface area contributed by atoms with Crippen molar-refractivity contribution in [2.75, 3.05) is 6.54 Å². The van der Waals surface area contributed by atoms with E-state index in [-0.39, 0.29) is 5.56 Å². The fourth-order valence-corrected chi connectivity index (χ4v) is 3.47. The standard InChI is InChI=1S/C19H17N7O/c27-19-16-11-25(10-14-7-15-3-1-2-5-26(15)24-14)6-4-17(16)22-18(23-19)13-8-20-12-21-9-13/h1-3,5,7-9,12H,4,6,10-11H2,(H,22,23,27). The Balaban J connectivity index is 1.40. The van der Waals surface area contributed by atoms with Crippen LogP contribution >= 0.6 is 0 Å². The van der Waals surface area contributed by atoms with Crippen molar-refractivity contribution in [1.82, 2.24) is 34.4 Å². The van der Waals surface area contributed by atoms with Gasteiger partial charge in [-0.05, 0) is 18.2 Å². The monoisotopic (exact) mass is 359 g/mol. The zero-order chi connectivity index (χ0) is 18.2. The summed E-state index contributed by atoms with van der Waals surface area (Å²) in [7, 11) is 0. The van der Waals surface area contributed by atoms with E-state index in [1.807, 2.05) is 28.9 Å². The van der Waals surface area contributed by atoms with Crippen LogP contribution in [-0.2, 0) is 19.5 Å². The van der Waals surface area contributed by atoms with Crippen LogP contribution in [0.25, 0.3) is 16.9 Å². The fraction of sp³-hybridized carbons (Fsp3) is 0.211. The average Bonchev–Trinajstić information content (AvgIpc) is 3.11. The van der Waals surface area contributed by atoms with Crippen LogP contribution in [0.2, 0.25) is 0 Å². The molecule has 0 unspecified atom stereocenters. The van der Waals surface area contributed by atoms with Gasteiger partial charge >= 0.3 is 0 Å². The SMILES string of the molecule is O=c1[nH]c(-c2cncnc2)nc2c1CN(Cc1cc3ccccn3n1)CC2. The van der Waals surface area contributed by atoms with Gasteiger partial charge < -0.3 is 4.98 Å². The maximum Gasteiger partial charge on any atom is 0.255 e. The Labute approximate surface area is 154 Å². The van der Waals surface area contributed by atoms with Crippen LogP contribution in [0.5, 0.6) is 0 Å². The molecule has 0 amide bonds. The third kappa shape index (κ3) is 3.00. The second-order valence-electron chi connectivity index (χ2n) is 6.63. The zero-order valence-electron chi connectivity index (χ0n) is 14.5. The van der Waals surface area contributed by atoms with Gasteiger partial charge in [-0.25, -0.2) is 19.5 Å². The van der Waals surface area contributed by atoms with Gasteiger partial charge in [-0.3, -0.25) is 9.69 Å². The zero-order valence-corrected chi connectivity index (χ0v) is 14.5. The number of fused-ring (bicyclic) bond motifs is 2. The molecule has 0 bridgehead atoms. The van der Waals surface area contributed by atoms with Crippen LogP contribution in [0.15, 0.2) is 54.0 Å². The molecular formula is C19H17N7O. The number of rotatable bonds is 3. The van der Waals surface area contributed by atoms with Gasteiger partial charge in [0, 0.05) is 44.6 Å². The maximum atomic E-state index is 12.6. The summed E-state index contributed by atoms with van der Waals surface area (Å²) in [6.07, 6.45) is 7.42. The molecule has 0 atom stereocenters. The molecule has 134 valence electrons. The van der Waals surface area contributed by atoms with E-state index in [0.29, 0.717) is 24.5 Å². The molecule has 5 heterocycles. The molecule has 0 fully saturated rings. The number of hydrogen-bond donors (Lipinski definition) is 1. The highest BCUT2D eigenvalue weighted by atomic mass is 16.1. The van der Waals surface area contributed by atoms with Crippen LogP contribution in [0.4, 0.5) is 0 Å². The minimum atomic E-state index is -0.0986. The average molecular weight is 359 g/mol. The molecule has 8 heteroatoms. The first-order chi connectivity index (χ1) is 13.3. The van der Waals surface area contributed by atoms with E-state index in [0.717, 1.165) is 35.4 Å². The molecule has 4 aromatic heterocycles. The van der Waals surface area contributed by atoms with E-state index in [4.69, 9.17) is 0 Å². The number of aromatic amines is 1. The van der Waals surface area contributed by atoms with Gasteiger partial charge in [0.2, 0.25) is 0 Å². The summed E-state index contributed by atoms with van der Waals surface area (Å²) in [5.74, 6) is 0.521. The highest BCUT2D eigenvalue weighted by Gasteiger charge is 2.22. The predicted octanol–water partition coefficient (Wildman–Crippen LogP) is 1.43. The lowest BCUT2D eigenvalue weighted by molar-refractivity contribution is 0.238. The van der Waals surface area contributed by atoms with Gasteiger partial charge in [0.25, 0.3) is 5.56 Å². The molecule has 4 aromatic rings. The van der Waals surface area contributed by atoms with Crippen molar-refractivity contribution < 1.29 is 0 Å². The molecule has 0 aromatic carbocycles. The van der Waals surface area contributed by atoms with Crippen molar-refractivity contribution in [3.63, 3.8) is 0 Å². The van der Waals surface area contributed by atoms with Gasteiger partial charge in [-0.1, -0.05) is 6.07 Å². The van der Waals surface area contributed by atoms with Crippen molar-refractivity contribution in [2.24, 2.45) is 0 Å². The van der Waals surface area contributed by atoms with E-state index in [2.05, 4.69) is 36.0 Å². The van der Waals surface area contributed by atoms with E-state index in [1.165, 1.54) is 6.33 Å². The summed E-state index contributed by atoms with van der Waals surface area (Å²) in [4.78, 5) is 30.3. The lowest BCUT2D eigenvalue weighted by atomic mass is 10.1. The Kier molecular flexibility index (Phi) is 3.75. The quantitative estimate of drug-likeness (QED) is 0.595. The number of nitrogens with one attached hydrogen (secondary N) is 1. The van der Waals surface area contributed by atoms with E-state index < -0.39 is 0 Å². The summed E-state index contributed by atoms with van der Waals surface area (Å²) in [6, 6.07) is 8.07. The normalized spacial score (nSPS) is 14.4. The molecule has 0 saturated carbocycles. The third-order valence-corrected chi connectivity index (χ3v) is 4.79. The Bertz CT molecular complexity index is 1130. The molecule has 5 rings (SSSR count). The lowest BCUT2D eigenvalue weighted by Crippen LogP contribution is -2.35. The maximum absolute atomic E-state index is 12.6. The second kappa shape index (κ2) is 6.40. The molecule has 0 saturated heterocycles. The summed E-state index contributed by atoms with van der Waals surface area (Å²) in [6.45, 7) is 2.11. The van der Waals surface area contributed by atoms with Crippen LogP contribution in [0, 0.1) is 0 Å². The predicted molar refractivity (Wildman–Crippen MR) is 98.9 cm³/mol. The summed E-state index contributed by atoms with van der Waals surface area (Å²) < 4.78 is 1.87. The minimum absolute atomic E-state index is 0.0986. The molecule has 27 heavy (non-hydrogen) atoms. The fourth-order valence-electron chi connectivity index (χ4n) is 3.47. The van der Waals surface area contributed by atoms with Crippen LogP contribution in [-0.4, -0.2) is 41.0 Å². The number of H-pyrrole nitrogens is 1. The minimum Gasteiger partial charge on any atom is -0.306 e. The van der Waals surface area contributed by atoms with E-state index in [9.17, 15) is 4.79 Å². The summed E-state index contributed by atoms with van der Waals surface area (Å²) in [5.41, 5.74) is 4.25. The lowest BCUT2D eigenvalue weighted by Gasteiger charge is -2.26. The molecule has 1 aliphatic rings. The van der Waals surface area contributed by atoms with Gasteiger partial charge in [0.05, 0.1) is 28.0 Å². The van der Waals surface area contributed by atoms with Crippen molar-refractivity contribution >= 4 is 5.52 Å². The van der Waals surface area contributed by atoms with Crippen molar-refractivity contribution in [3.05, 3.63) is 76.5 Å². The topological polar surface area (TPSA) is 92.1 Å². The Morgan fingerprint density at radius 2 is 2.07 bits per heavy atom. The van der Waals surface area contributed by atoms with Gasteiger partial charge in [0.1, 0.15) is 12.2 Å². The van der Waals surface area contributed by atoms with Crippen molar-refractivity contribution in [2.45, 2.75) is 19.5 Å². The van der Waals surface area contributed by atoms with Gasteiger partial charge in [-0.15, -0.1) is 0 Å². The van der Waals surface area contributed by atoms with Gasteiger partial charge in [-0.2, -0.15) is 5.10 Å². The molecule has 0 spiro atoms. The summed E-state index contributed by atoms with van der Waals surface area (Å²) in [5, 5.41) is 4.60. The van der Waals surface area contributed by atoms with Crippen LogP contribution in [0.3, 0.4) is 0 Å². The smallest absolute Gasteiger partial charge is 0.255 e. The van der Waals surface area contributed by atoms with Crippen molar-refractivity contribution in [3.8, 4) is 11.4 Å². The summed E-state index contributed by atoms with van der Waals surface area (Å²) >= 11 is 0. The molecule has 0 radical (unpaired) electrons. The number of aromatic nitrogens is 6. The largest absolute Gasteiger partial charge is 0.306 e. The first-order valence-corrected chi connectivity index (χ1v) is 8.79.